The van der Waals surface area contributed by atoms with Crippen LogP contribution in [0.3, 0.4) is 0 Å². The molecule has 0 unspecified atom stereocenters. The third-order valence-corrected chi connectivity index (χ3v) is 6.26. The first kappa shape index (κ1) is 31.5. The second kappa shape index (κ2) is 15.1. The number of amides is 5. The average molecular weight is 580 g/mol. The van der Waals surface area contributed by atoms with Gasteiger partial charge in [0, 0.05) is 17.8 Å². The van der Waals surface area contributed by atoms with Crippen LogP contribution in [-0.2, 0) is 20.9 Å². The summed E-state index contributed by atoms with van der Waals surface area (Å²) in [6, 6.07) is 13.6. The molecule has 42 heavy (non-hydrogen) atoms. The van der Waals surface area contributed by atoms with E-state index in [1.165, 1.54) is 0 Å². The number of anilines is 1. The van der Waals surface area contributed by atoms with Crippen molar-refractivity contribution in [1.82, 2.24) is 21.1 Å². The summed E-state index contributed by atoms with van der Waals surface area (Å²) in [6.07, 6.45) is -0.0519. The Balaban J connectivity index is 1.58. The quantitative estimate of drug-likeness (QED) is 0.205. The van der Waals surface area contributed by atoms with Crippen LogP contribution in [0.25, 0.3) is 0 Å². The first-order valence-electron chi connectivity index (χ1n) is 13.5. The molecule has 8 N–H and O–H groups in total. The van der Waals surface area contributed by atoms with Gasteiger partial charge >= 0.3 is 12.1 Å². The molecule has 5 amide bonds. The van der Waals surface area contributed by atoms with Crippen molar-refractivity contribution in [2.45, 2.75) is 52.3 Å². The predicted molar refractivity (Wildman–Crippen MR) is 158 cm³/mol. The number of nitrogens with two attached hydrogens (primary N) is 2. The third kappa shape index (κ3) is 9.30. The van der Waals surface area contributed by atoms with Gasteiger partial charge < -0.3 is 32.2 Å². The van der Waals surface area contributed by atoms with E-state index in [4.69, 9.17) is 16.2 Å². The maximum Gasteiger partial charge on any atom is 0.436 e. The van der Waals surface area contributed by atoms with E-state index in [1.54, 1.807) is 31.2 Å². The van der Waals surface area contributed by atoms with Gasteiger partial charge in [-0.05, 0) is 43.4 Å². The van der Waals surface area contributed by atoms with Crippen molar-refractivity contribution in [2.24, 2.45) is 27.6 Å². The van der Waals surface area contributed by atoms with Gasteiger partial charge in [0.2, 0.25) is 11.8 Å². The number of amidine groups is 2. The molecule has 0 spiro atoms. The summed E-state index contributed by atoms with van der Waals surface area (Å²) in [5, 5.41) is 17.4. The van der Waals surface area contributed by atoms with E-state index in [0.717, 1.165) is 10.6 Å². The molecule has 0 saturated carbocycles. The molecule has 2 aromatic rings. The van der Waals surface area contributed by atoms with Gasteiger partial charge in [0.1, 0.15) is 12.6 Å². The first-order valence-corrected chi connectivity index (χ1v) is 13.5. The van der Waals surface area contributed by atoms with E-state index in [1.807, 2.05) is 44.2 Å². The van der Waals surface area contributed by atoms with E-state index in [-0.39, 0.29) is 25.5 Å². The summed E-state index contributed by atoms with van der Waals surface area (Å²) in [5.41, 5.74) is 15.7. The zero-order valence-corrected chi connectivity index (χ0v) is 23.8. The van der Waals surface area contributed by atoms with Crippen LogP contribution in [0.2, 0.25) is 0 Å². The van der Waals surface area contributed by atoms with Crippen LogP contribution in [0.5, 0.6) is 0 Å². The van der Waals surface area contributed by atoms with Crippen molar-refractivity contribution in [3.8, 4) is 0 Å². The summed E-state index contributed by atoms with van der Waals surface area (Å²) in [7, 11) is 0. The first-order chi connectivity index (χ1) is 20.0. The van der Waals surface area contributed by atoms with Gasteiger partial charge in [-0.25, -0.2) is 9.59 Å². The normalized spacial score (nSPS) is 14.1. The number of primary amides is 1. The molecule has 0 saturated heterocycles. The van der Waals surface area contributed by atoms with E-state index in [0.29, 0.717) is 29.3 Å². The van der Waals surface area contributed by atoms with E-state index in [2.05, 4.69) is 31.6 Å². The highest BCUT2D eigenvalue weighted by atomic mass is 16.6. The van der Waals surface area contributed by atoms with Gasteiger partial charge in [0.15, 0.2) is 11.7 Å². The molecule has 2 atom stereocenters. The van der Waals surface area contributed by atoms with Crippen LogP contribution >= 0.6 is 0 Å². The third-order valence-electron chi connectivity index (χ3n) is 6.26. The Morgan fingerprint density at radius 2 is 1.71 bits per heavy atom. The smallest absolute Gasteiger partial charge is 0.436 e. The number of carbonyl (C=O) groups is 4. The second-order valence-corrected chi connectivity index (χ2v) is 9.90. The molecular formula is C28H37N9O5. The number of rotatable bonds is 12. The van der Waals surface area contributed by atoms with Crippen molar-refractivity contribution in [2.75, 3.05) is 11.9 Å². The molecule has 0 aromatic heterocycles. The Hall–Kier alpha value is -4.98. The molecule has 224 valence electrons. The average Bonchev–Trinajstić information content (AvgIpc) is 2.98. The maximum absolute atomic E-state index is 13.0. The number of ether oxygens (including phenoxy) is 1. The van der Waals surface area contributed by atoms with Crippen molar-refractivity contribution < 1.29 is 23.9 Å². The minimum absolute atomic E-state index is 0.0426. The predicted octanol–water partition coefficient (Wildman–Crippen LogP) is 1.78. The Morgan fingerprint density at radius 1 is 1.02 bits per heavy atom. The highest BCUT2D eigenvalue weighted by molar-refractivity contribution is 6.04. The Morgan fingerprint density at radius 3 is 2.36 bits per heavy atom. The molecule has 0 fully saturated rings. The molecule has 0 aliphatic carbocycles. The van der Waals surface area contributed by atoms with Crippen molar-refractivity contribution >= 4 is 41.3 Å². The van der Waals surface area contributed by atoms with Crippen LogP contribution in [0.1, 0.15) is 44.7 Å². The highest BCUT2D eigenvalue weighted by Crippen LogP contribution is 2.14. The van der Waals surface area contributed by atoms with Crippen LogP contribution in [0.15, 0.2) is 64.8 Å². The number of hydrazone groups is 2. The van der Waals surface area contributed by atoms with Gasteiger partial charge in [-0.2, -0.15) is 5.10 Å². The number of hydrogen-bond donors (Lipinski definition) is 6. The summed E-state index contributed by atoms with van der Waals surface area (Å²) in [5.74, 6) is -0.289. The molecule has 1 heterocycles. The lowest BCUT2D eigenvalue weighted by Crippen LogP contribution is -2.51. The lowest BCUT2D eigenvalue weighted by molar-refractivity contribution is -0.128. The summed E-state index contributed by atoms with van der Waals surface area (Å²) < 4.78 is 5.42. The molecule has 2 aromatic carbocycles. The van der Waals surface area contributed by atoms with Crippen molar-refractivity contribution in [1.29, 1.82) is 0 Å². The summed E-state index contributed by atoms with van der Waals surface area (Å²) in [6.45, 7) is 5.44. The monoisotopic (exact) mass is 579 g/mol. The van der Waals surface area contributed by atoms with Crippen molar-refractivity contribution in [3.05, 3.63) is 65.7 Å². The fraction of sp³-hybridized carbons (Fsp3) is 0.357. The summed E-state index contributed by atoms with van der Waals surface area (Å²) in [4.78, 5) is 49.2. The molecular weight excluding hydrogens is 542 g/mol. The van der Waals surface area contributed by atoms with Crippen LogP contribution in [-0.4, -0.2) is 59.2 Å². The van der Waals surface area contributed by atoms with Crippen LogP contribution in [0.4, 0.5) is 15.3 Å². The van der Waals surface area contributed by atoms with Gasteiger partial charge in [-0.15, -0.1) is 10.1 Å². The lowest BCUT2D eigenvalue weighted by Gasteiger charge is -2.22. The fourth-order valence-electron chi connectivity index (χ4n) is 3.74. The fourth-order valence-corrected chi connectivity index (χ4v) is 3.74. The molecule has 3 rings (SSSR count). The highest BCUT2D eigenvalue weighted by Gasteiger charge is 2.26. The molecule has 14 nitrogen and oxygen atoms in total. The van der Waals surface area contributed by atoms with Crippen LogP contribution in [0, 0.1) is 5.92 Å². The molecule has 0 radical (unpaired) electrons. The number of nitrogens with one attached hydrogen (secondary N) is 4. The van der Waals surface area contributed by atoms with Crippen LogP contribution < -0.4 is 32.8 Å². The largest absolute Gasteiger partial charge is 0.443 e. The molecule has 14 heteroatoms. The second-order valence-electron chi connectivity index (χ2n) is 9.90. The lowest BCUT2D eigenvalue weighted by atomic mass is 10.0. The molecule has 1 aliphatic heterocycles. The Bertz CT molecular complexity index is 1310. The molecule has 1 aliphatic rings. The van der Waals surface area contributed by atoms with E-state index < -0.39 is 36.0 Å². The number of hydrogen-bond acceptors (Lipinski definition) is 9. The number of urea groups is 1. The zero-order chi connectivity index (χ0) is 30.6. The Labute approximate surface area is 243 Å². The number of nitrogens with zero attached hydrogens (tertiary/aromatic N) is 3. The van der Waals surface area contributed by atoms with Crippen molar-refractivity contribution in [3.63, 3.8) is 0 Å². The minimum Gasteiger partial charge on any atom is -0.443 e. The standard InChI is InChI=1S/C28H37N9O5/c1-17(2)23(29)26(39)33-22(10-7-15-31-27(30)40)25(38)32-21-13-11-19(12-14-21)16-42-28(41)37-18(3)34-35-24(36-37)20-8-5-4-6-9-20/h4-6,8-9,11-14,17,22-23H,7,10,15-16,29H2,1-3H3,(H,32,38)(H,33,39)(H,35,36)(H3,30,31,40)/t22-,23-/m0/s1. The molecule has 0 bridgehead atoms. The van der Waals surface area contributed by atoms with E-state index in [9.17, 15) is 19.2 Å². The topological polar surface area (TPSA) is 206 Å². The summed E-state index contributed by atoms with van der Waals surface area (Å²) >= 11 is 0. The number of benzene rings is 2. The number of carbonyl (C=O) groups excluding carboxylic acids is 4. The van der Waals surface area contributed by atoms with Gasteiger partial charge in [-0.3, -0.25) is 15.0 Å². The van der Waals surface area contributed by atoms with Gasteiger partial charge in [-0.1, -0.05) is 56.3 Å². The minimum atomic E-state index is -0.886. The van der Waals surface area contributed by atoms with Gasteiger partial charge in [0.05, 0.1) is 6.04 Å². The van der Waals surface area contributed by atoms with E-state index >= 15 is 0 Å². The SMILES string of the molecule is CC1=NNC(c2ccccc2)=NN1C(=O)OCc1ccc(NC(=O)[C@H](CCCNC(N)=O)NC(=O)[C@@H](N)C(C)C)cc1. The maximum atomic E-state index is 13.0. The zero-order valence-electron chi connectivity index (χ0n) is 23.8. The van der Waals surface area contributed by atoms with Gasteiger partial charge in [0.25, 0.3) is 0 Å². The Kier molecular flexibility index (Phi) is 11.4.